The number of aliphatic hydroxyl groups excluding tert-OH is 3. The van der Waals surface area contributed by atoms with Crippen LogP contribution in [0, 0.1) is 17.8 Å². The van der Waals surface area contributed by atoms with E-state index in [1.807, 2.05) is 137 Å². The van der Waals surface area contributed by atoms with Crippen molar-refractivity contribution in [1.29, 1.82) is 0 Å². The predicted octanol–water partition coefficient (Wildman–Crippen LogP) is 12.4. The average molecular weight is 1180 g/mol. The number of carbonyl (C=O) groups excluding carboxylic acids is 6. The molecule has 2 aliphatic rings. The van der Waals surface area contributed by atoms with Crippen LogP contribution in [0.3, 0.4) is 0 Å². The predicted molar refractivity (Wildman–Crippen MR) is 340 cm³/mol. The lowest BCUT2D eigenvalue weighted by Crippen LogP contribution is -2.32. The third-order valence-electron chi connectivity index (χ3n) is 13.0. The Bertz CT molecular complexity index is 2360. The fourth-order valence-corrected chi connectivity index (χ4v) is 8.53. The first-order chi connectivity index (χ1) is 39.7. The number of hydrogen-bond donors (Lipinski definition) is 7. The van der Waals surface area contributed by atoms with Gasteiger partial charge in [0.2, 0.25) is 11.8 Å². The highest BCUT2D eigenvalue weighted by Crippen LogP contribution is 2.23. The van der Waals surface area contributed by atoms with Gasteiger partial charge >= 0.3 is 24.1 Å². The van der Waals surface area contributed by atoms with Gasteiger partial charge in [-0.05, 0) is 132 Å². The Hall–Kier alpha value is -7.34. The van der Waals surface area contributed by atoms with E-state index in [1.54, 1.807) is 36.7 Å². The number of hydrogen-bond acceptors (Lipinski definition) is 13. The molecule has 0 saturated heterocycles. The number of cyclic esters (lactones) is 2. The molecule has 4 amide bonds. The van der Waals surface area contributed by atoms with Crippen molar-refractivity contribution in [3.05, 3.63) is 167 Å². The Kier molecular flexibility index (Phi) is 41.2. The zero-order chi connectivity index (χ0) is 63.0. The SMILES string of the molecule is C.CC(C)=CC(=O)N/C=C/C(C)=C/[C@@H](C)[C@H]1C/C(C)=C/C=C/CC[C@@H](OC(N)=O)[C@H](O)/C=C/[C@H](O)CCC/C=C/C(=O)O1.CC(C)=CC(=O)N/C=C/C(C)=C/[C@@H](C)[C@H]1C/C(C)=C/C=C/CC[C@H](OC(N)=O)[C@@H](C)/C=C/[C@@H](O)CCC/C=C/C(=O)O1. The van der Waals surface area contributed by atoms with E-state index in [0.717, 1.165) is 33.4 Å². The molecule has 2 heterocycles. The van der Waals surface area contributed by atoms with E-state index in [1.165, 1.54) is 36.5 Å². The Labute approximate surface area is 507 Å². The summed E-state index contributed by atoms with van der Waals surface area (Å²) in [5.41, 5.74) is 16.1. The first-order valence-corrected chi connectivity index (χ1v) is 29.1. The topological polar surface area (TPSA) is 276 Å². The van der Waals surface area contributed by atoms with Gasteiger partial charge in [-0.25, -0.2) is 19.2 Å². The van der Waals surface area contributed by atoms with Crippen molar-refractivity contribution in [2.75, 3.05) is 0 Å². The number of primary amides is 2. The van der Waals surface area contributed by atoms with Gasteiger partial charge in [-0.2, -0.15) is 0 Å². The fourth-order valence-electron chi connectivity index (χ4n) is 8.53. The summed E-state index contributed by atoms with van der Waals surface area (Å²) in [5.74, 6) is -1.57. The molecule has 0 radical (unpaired) electrons. The largest absolute Gasteiger partial charge is 0.458 e. The number of carbonyl (C=O) groups is 6. The normalized spacial score (nSPS) is 27.5. The Morgan fingerprint density at radius 3 is 1.41 bits per heavy atom. The number of amides is 4. The molecule has 0 spiro atoms. The summed E-state index contributed by atoms with van der Waals surface area (Å²) < 4.78 is 22.1. The van der Waals surface area contributed by atoms with E-state index in [4.69, 9.17) is 30.4 Å². The molecule has 0 unspecified atom stereocenters. The number of nitrogens with two attached hydrogens (primary N) is 2. The summed E-state index contributed by atoms with van der Waals surface area (Å²) in [4.78, 5) is 71.7. The van der Waals surface area contributed by atoms with Crippen molar-refractivity contribution in [3.63, 3.8) is 0 Å². The summed E-state index contributed by atoms with van der Waals surface area (Å²) in [5, 5.41) is 36.4. The Balaban J connectivity index is 0.00000164. The molecule has 10 atom stereocenters. The number of ether oxygens (including phenoxy) is 4. The lowest BCUT2D eigenvalue weighted by Gasteiger charge is -2.22. The lowest BCUT2D eigenvalue weighted by molar-refractivity contribution is -0.145. The summed E-state index contributed by atoms with van der Waals surface area (Å²) in [6.45, 7) is 21.1. The van der Waals surface area contributed by atoms with Crippen LogP contribution in [0.15, 0.2) is 167 Å². The smallest absolute Gasteiger partial charge is 0.404 e. The summed E-state index contributed by atoms with van der Waals surface area (Å²) >= 11 is 0. The van der Waals surface area contributed by atoms with Crippen molar-refractivity contribution >= 4 is 35.9 Å². The van der Waals surface area contributed by atoms with Crippen LogP contribution in [0.4, 0.5) is 9.59 Å². The maximum Gasteiger partial charge on any atom is 0.404 e. The Morgan fingerprint density at radius 1 is 0.600 bits per heavy atom. The lowest BCUT2D eigenvalue weighted by atomic mass is 9.95. The average Bonchev–Trinajstić information content (AvgIpc) is 3.42. The number of allylic oxidation sites excluding steroid dienone is 14. The minimum atomic E-state index is -1.11. The van der Waals surface area contributed by atoms with E-state index in [-0.39, 0.29) is 37.0 Å². The van der Waals surface area contributed by atoms with Crippen molar-refractivity contribution in [2.45, 2.75) is 203 Å². The van der Waals surface area contributed by atoms with E-state index in [9.17, 15) is 44.1 Å². The van der Waals surface area contributed by atoms with E-state index in [0.29, 0.717) is 77.0 Å². The second-order valence-electron chi connectivity index (χ2n) is 21.9. The van der Waals surface area contributed by atoms with Crippen LogP contribution in [0.2, 0.25) is 0 Å². The molecule has 0 aliphatic carbocycles. The molecular weight excluding hydrogens is 1080 g/mol. The minimum Gasteiger partial charge on any atom is -0.458 e. The monoisotopic (exact) mass is 1180 g/mol. The highest BCUT2D eigenvalue weighted by atomic mass is 16.6. The van der Waals surface area contributed by atoms with Crippen LogP contribution in [0.5, 0.6) is 0 Å². The van der Waals surface area contributed by atoms with Crippen molar-refractivity contribution in [3.8, 4) is 0 Å². The van der Waals surface area contributed by atoms with E-state index >= 15 is 0 Å². The molecule has 0 aromatic carbocycles. The third-order valence-corrected chi connectivity index (χ3v) is 13.0. The van der Waals surface area contributed by atoms with Crippen LogP contribution >= 0.6 is 0 Å². The Morgan fingerprint density at radius 2 is 1.00 bits per heavy atom. The molecule has 85 heavy (non-hydrogen) atoms. The molecule has 17 nitrogen and oxygen atoms in total. The van der Waals surface area contributed by atoms with Gasteiger partial charge in [-0.3, -0.25) is 9.59 Å². The van der Waals surface area contributed by atoms with Gasteiger partial charge in [0.25, 0.3) is 0 Å². The molecule has 2 rings (SSSR count). The van der Waals surface area contributed by atoms with Gasteiger partial charge < -0.3 is 56.4 Å². The van der Waals surface area contributed by atoms with Crippen LogP contribution in [0.1, 0.15) is 161 Å². The number of nitrogens with one attached hydrogen (secondary N) is 2. The fraction of sp³-hybridized carbons (Fsp3) is 0.500. The number of rotatable bonds is 12. The van der Waals surface area contributed by atoms with Gasteiger partial charge in [0.1, 0.15) is 30.5 Å². The van der Waals surface area contributed by atoms with Crippen LogP contribution in [0.25, 0.3) is 0 Å². The van der Waals surface area contributed by atoms with Crippen LogP contribution in [-0.2, 0) is 38.1 Å². The summed E-state index contributed by atoms with van der Waals surface area (Å²) in [6.07, 6.45) is 38.4. The molecule has 0 bridgehead atoms. The maximum absolute atomic E-state index is 12.7. The van der Waals surface area contributed by atoms with Crippen LogP contribution < -0.4 is 22.1 Å². The minimum absolute atomic E-state index is 0. The summed E-state index contributed by atoms with van der Waals surface area (Å²) in [7, 11) is 0. The number of esters is 2. The molecule has 9 N–H and O–H groups in total. The van der Waals surface area contributed by atoms with Crippen molar-refractivity contribution < 1.29 is 63.0 Å². The molecule has 0 aromatic rings. The molecule has 0 fully saturated rings. The van der Waals surface area contributed by atoms with Gasteiger partial charge in [0, 0.05) is 67.3 Å². The van der Waals surface area contributed by atoms with Gasteiger partial charge in [-0.15, -0.1) is 0 Å². The molecule has 2 aliphatic heterocycles. The van der Waals surface area contributed by atoms with E-state index in [2.05, 4.69) is 10.6 Å². The second kappa shape index (κ2) is 45.1. The van der Waals surface area contributed by atoms with Crippen molar-refractivity contribution in [2.24, 2.45) is 29.2 Å². The zero-order valence-electron chi connectivity index (χ0n) is 51.5. The maximum atomic E-state index is 12.7. The van der Waals surface area contributed by atoms with Gasteiger partial charge in [0.05, 0.1) is 12.2 Å². The van der Waals surface area contributed by atoms with Gasteiger partial charge in [-0.1, -0.05) is 147 Å². The van der Waals surface area contributed by atoms with E-state index < -0.39 is 66.9 Å². The standard InChI is InChI=1S/C34H50N2O6.C33H48N2O7.CH4/c1-24(2)21-32(38)36-20-19-26(4)22-28(6)31-23-25(3)13-9-7-11-15-30(42-34(35)40)27(5)17-18-29(37)14-10-8-12-16-33(39)41-31;1-23(2)20-31(38)35-19-18-25(4)21-26(5)30-22-24(3)12-8-6-10-14-29(42-33(34)40)28(37)17-16-27(36)13-9-7-11-15-32(39)41-30;/h7,9,12-13,16-22,27-31,37H,8,10-11,14-15,23H2,1-6H3,(H2,35,40)(H,36,38);6,8,11-12,15-21,26-30,36-37H,7,9-10,13-14,22H2,1-5H3,(H2,34,40)(H,35,38);1H4/b9-7+,16-12+,18-17+,20-19+,25-13+,26-22+;8-6+,15-11+,17-16+,19-18+,24-12+,25-21+;/t27-,28+,29-,30-,31+;26-,27-,28-,29-,30-;/m01./s1. The molecule has 0 saturated carbocycles. The first kappa shape index (κ1) is 77.7. The second-order valence-corrected chi connectivity index (χ2v) is 21.9. The van der Waals surface area contributed by atoms with Crippen molar-refractivity contribution in [1.82, 2.24) is 10.6 Å². The van der Waals surface area contributed by atoms with Gasteiger partial charge in [0.15, 0.2) is 0 Å². The highest BCUT2D eigenvalue weighted by molar-refractivity contribution is 5.89. The molecule has 17 heteroatoms. The quantitative estimate of drug-likeness (QED) is 0.0315. The van der Waals surface area contributed by atoms with Crippen LogP contribution in [-0.4, -0.2) is 94.0 Å². The first-order valence-electron chi connectivity index (χ1n) is 29.1. The molecule has 472 valence electrons. The number of aliphatic hydroxyl groups is 3. The summed E-state index contributed by atoms with van der Waals surface area (Å²) in [6, 6.07) is 0. The highest BCUT2D eigenvalue weighted by Gasteiger charge is 2.23. The molecule has 0 aromatic heterocycles. The third kappa shape index (κ3) is 40.5. The zero-order valence-corrected chi connectivity index (χ0v) is 51.5. The molecular formula is C68H102N4O13.